The Morgan fingerprint density at radius 3 is 2.76 bits per heavy atom. The Morgan fingerprint density at radius 1 is 1.28 bits per heavy atom. The van der Waals surface area contributed by atoms with E-state index in [1.807, 2.05) is 4.90 Å². The van der Waals surface area contributed by atoms with Crippen molar-refractivity contribution in [2.75, 3.05) is 39.4 Å². The Labute approximate surface area is 148 Å². The Morgan fingerprint density at radius 2 is 2.04 bits per heavy atom. The van der Waals surface area contributed by atoms with E-state index in [1.165, 1.54) is 10.7 Å². The van der Waals surface area contributed by atoms with Gasteiger partial charge in [-0.15, -0.1) is 0 Å². The molecule has 2 saturated heterocycles. The number of rotatable bonds is 5. The molecule has 1 amide bonds. The van der Waals surface area contributed by atoms with Crippen LogP contribution in [-0.4, -0.2) is 70.9 Å². The standard InChI is InChI=1S/C18H28N4O3/c1-3-4-7-22-17(23)6-5-15(19-22)18(24)21-12-14(2)16(13-21)20-8-10-25-11-9-20/h5-6,14,16H,3-4,7-13H2,1-2H3/t14-,16-/m1/s1. The van der Waals surface area contributed by atoms with Gasteiger partial charge >= 0.3 is 0 Å². The molecule has 0 bridgehead atoms. The van der Waals surface area contributed by atoms with E-state index in [2.05, 4.69) is 23.8 Å². The van der Waals surface area contributed by atoms with E-state index in [9.17, 15) is 9.59 Å². The van der Waals surface area contributed by atoms with Gasteiger partial charge in [0.25, 0.3) is 11.5 Å². The minimum Gasteiger partial charge on any atom is -0.379 e. The number of nitrogens with zero attached hydrogens (tertiary/aromatic N) is 4. The van der Waals surface area contributed by atoms with Crippen molar-refractivity contribution in [1.29, 1.82) is 0 Å². The average Bonchev–Trinajstić information content (AvgIpc) is 3.03. The van der Waals surface area contributed by atoms with E-state index in [0.717, 1.165) is 52.2 Å². The van der Waals surface area contributed by atoms with Crippen molar-refractivity contribution in [2.45, 2.75) is 39.3 Å². The zero-order valence-electron chi connectivity index (χ0n) is 15.2. The van der Waals surface area contributed by atoms with E-state index in [4.69, 9.17) is 4.74 Å². The lowest BCUT2D eigenvalue weighted by atomic mass is 10.0. The highest BCUT2D eigenvalue weighted by Gasteiger charge is 2.37. The molecule has 3 rings (SSSR count). The van der Waals surface area contributed by atoms with E-state index in [0.29, 0.717) is 24.2 Å². The highest BCUT2D eigenvalue weighted by molar-refractivity contribution is 5.92. The summed E-state index contributed by atoms with van der Waals surface area (Å²) in [6.45, 7) is 9.66. The van der Waals surface area contributed by atoms with Crippen LogP contribution in [0.4, 0.5) is 0 Å². The van der Waals surface area contributed by atoms with Gasteiger partial charge in [-0.1, -0.05) is 20.3 Å². The van der Waals surface area contributed by atoms with Gasteiger partial charge in [0.2, 0.25) is 0 Å². The molecule has 138 valence electrons. The molecule has 2 aliphatic rings. The zero-order chi connectivity index (χ0) is 17.8. The lowest BCUT2D eigenvalue weighted by Gasteiger charge is -2.33. The number of hydrogen-bond donors (Lipinski definition) is 0. The summed E-state index contributed by atoms with van der Waals surface area (Å²) in [6, 6.07) is 3.38. The molecule has 7 heteroatoms. The number of carbonyl (C=O) groups excluding carboxylic acids is 1. The highest BCUT2D eigenvalue weighted by atomic mass is 16.5. The maximum absolute atomic E-state index is 12.9. The summed E-state index contributed by atoms with van der Waals surface area (Å²) in [6.07, 6.45) is 1.86. The number of amides is 1. The number of morpholine rings is 1. The second-order valence-corrected chi connectivity index (χ2v) is 7.04. The molecule has 1 aromatic rings. The van der Waals surface area contributed by atoms with Gasteiger partial charge in [-0.05, 0) is 18.4 Å². The first kappa shape index (κ1) is 18.1. The van der Waals surface area contributed by atoms with E-state index >= 15 is 0 Å². The molecule has 3 heterocycles. The second kappa shape index (κ2) is 8.10. The molecular formula is C18H28N4O3. The smallest absolute Gasteiger partial charge is 0.274 e. The summed E-state index contributed by atoms with van der Waals surface area (Å²) in [5.74, 6) is 0.348. The summed E-state index contributed by atoms with van der Waals surface area (Å²) >= 11 is 0. The zero-order valence-corrected chi connectivity index (χ0v) is 15.2. The maximum atomic E-state index is 12.9. The van der Waals surface area contributed by atoms with Gasteiger partial charge in [0.1, 0.15) is 5.69 Å². The normalized spacial score (nSPS) is 24.6. The third-order valence-electron chi connectivity index (χ3n) is 5.18. The van der Waals surface area contributed by atoms with Crippen molar-refractivity contribution in [2.24, 2.45) is 5.92 Å². The Balaban J connectivity index is 1.69. The summed E-state index contributed by atoms with van der Waals surface area (Å²) in [4.78, 5) is 29.1. The van der Waals surface area contributed by atoms with Gasteiger partial charge in [0, 0.05) is 44.8 Å². The number of carbonyl (C=O) groups is 1. The number of ether oxygens (including phenoxy) is 1. The summed E-state index contributed by atoms with van der Waals surface area (Å²) < 4.78 is 6.84. The van der Waals surface area contributed by atoms with Gasteiger partial charge in [-0.25, -0.2) is 4.68 Å². The van der Waals surface area contributed by atoms with Crippen LogP contribution in [0.5, 0.6) is 0 Å². The van der Waals surface area contributed by atoms with Crippen LogP contribution in [-0.2, 0) is 11.3 Å². The third-order valence-corrected chi connectivity index (χ3v) is 5.18. The number of aryl methyl sites for hydroxylation is 1. The largest absolute Gasteiger partial charge is 0.379 e. The van der Waals surface area contributed by atoms with Crippen LogP contribution in [0, 0.1) is 5.92 Å². The number of unbranched alkanes of at least 4 members (excludes halogenated alkanes) is 1. The predicted octanol–water partition coefficient (Wildman–Crippen LogP) is 0.836. The lowest BCUT2D eigenvalue weighted by Crippen LogP contribution is -2.47. The van der Waals surface area contributed by atoms with Crippen LogP contribution in [0.15, 0.2) is 16.9 Å². The molecule has 7 nitrogen and oxygen atoms in total. The van der Waals surface area contributed by atoms with E-state index in [1.54, 1.807) is 6.07 Å². The fraction of sp³-hybridized carbons (Fsp3) is 0.722. The molecule has 2 atom stereocenters. The topological polar surface area (TPSA) is 67.7 Å². The van der Waals surface area contributed by atoms with Gasteiger partial charge in [0.05, 0.1) is 13.2 Å². The first-order valence-electron chi connectivity index (χ1n) is 9.29. The average molecular weight is 348 g/mol. The van der Waals surface area contributed by atoms with Crippen LogP contribution >= 0.6 is 0 Å². The molecule has 0 N–H and O–H groups in total. The van der Waals surface area contributed by atoms with Crippen molar-refractivity contribution in [3.05, 3.63) is 28.2 Å². The predicted molar refractivity (Wildman–Crippen MR) is 94.7 cm³/mol. The van der Waals surface area contributed by atoms with Crippen LogP contribution < -0.4 is 5.56 Å². The number of aromatic nitrogens is 2. The van der Waals surface area contributed by atoms with Gasteiger partial charge in [-0.2, -0.15) is 5.10 Å². The van der Waals surface area contributed by atoms with Crippen molar-refractivity contribution in [1.82, 2.24) is 19.6 Å². The fourth-order valence-electron chi connectivity index (χ4n) is 3.69. The van der Waals surface area contributed by atoms with E-state index < -0.39 is 0 Å². The SMILES string of the molecule is CCCCn1nc(C(=O)N2C[C@@H](C)[C@H](N3CCOCC3)C2)ccc1=O. The summed E-state index contributed by atoms with van der Waals surface area (Å²) in [5.41, 5.74) is 0.219. The van der Waals surface area contributed by atoms with Crippen molar-refractivity contribution >= 4 is 5.91 Å². The van der Waals surface area contributed by atoms with Crippen LogP contribution in [0.1, 0.15) is 37.2 Å². The molecule has 0 saturated carbocycles. The third kappa shape index (κ3) is 4.10. The monoisotopic (exact) mass is 348 g/mol. The Bertz CT molecular complexity index is 654. The van der Waals surface area contributed by atoms with Gasteiger partial charge < -0.3 is 9.64 Å². The molecule has 2 aliphatic heterocycles. The summed E-state index contributed by atoms with van der Waals surface area (Å²) in [5, 5.41) is 4.30. The van der Waals surface area contributed by atoms with Crippen molar-refractivity contribution < 1.29 is 9.53 Å². The van der Waals surface area contributed by atoms with Crippen LogP contribution in [0.3, 0.4) is 0 Å². The maximum Gasteiger partial charge on any atom is 0.274 e. The van der Waals surface area contributed by atoms with Crippen molar-refractivity contribution in [3.63, 3.8) is 0 Å². The molecule has 25 heavy (non-hydrogen) atoms. The Hall–Kier alpha value is -1.73. The van der Waals surface area contributed by atoms with E-state index in [-0.39, 0.29) is 11.5 Å². The molecular weight excluding hydrogens is 320 g/mol. The van der Waals surface area contributed by atoms with Gasteiger partial charge in [0.15, 0.2) is 0 Å². The second-order valence-electron chi connectivity index (χ2n) is 7.04. The molecule has 0 aromatic carbocycles. The quantitative estimate of drug-likeness (QED) is 0.789. The molecule has 0 radical (unpaired) electrons. The number of hydrogen-bond acceptors (Lipinski definition) is 5. The Kier molecular flexibility index (Phi) is 5.86. The first-order valence-corrected chi connectivity index (χ1v) is 9.29. The van der Waals surface area contributed by atoms with Crippen LogP contribution in [0.2, 0.25) is 0 Å². The molecule has 2 fully saturated rings. The van der Waals surface area contributed by atoms with Crippen molar-refractivity contribution in [3.8, 4) is 0 Å². The summed E-state index contributed by atoms with van der Waals surface area (Å²) in [7, 11) is 0. The minimum absolute atomic E-state index is 0.0761. The van der Waals surface area contributed by atoms with Gasteiger partial charge in [-0.3, -0.25) is 14.5 Å². The lowest BCUT2D eigenvalue weighted by molar-refractivity contribution is 0.0119. The molecule has 0 spiro atoms. The highest BCUT2D eigenvalue weighted by Crippen LogP contribution is 2.23. The molecule has 1 aromatic heterocycles. The minimum atomic E-state index is -0.147. The molecule has 0 unspecified atom stereocenters. The van der Waals surface area contributed by atoms with Crippen LogP contribution in [0.25, 0.3) is 0 Å². The fourth-order valence-corrected chi connectivity index (χ4v) is 3.69. The molecule has 0 aliphatic carbocycles. The number of likely N-dealkylation sites (tertiary alicyclic amines) is 1. The first-order chi connectivity index (χ1) is 12.1.